The smallest absolute Gasteiger partial charge is 0.333 e. The van der Waals surface area contributed by atoms with E-state index in [9.17, 15) is 14.0 Å². The molecule has 1 N–H and O–H groups in total. The van der Waals surface area contributed by atoms with Crippen molar-refractivity contribution in [3.05, 3.63) is 71.5 Å². The SMILES string of the molecule is COC(=O)[C@H](NC(=O)c1cccc(F)c1)c1ccccc1. The van der Waals surface area contributed by atoms with Crippen molar-refractivity contribution in [2.45, 2.75) is 6.04 Å². The maximum Gasteiger partial charge on any atom is 0.333 e. The molecular weight excluding hydrogens is 273 g/mol. The first kappa shape index (κ1) is 14.7. The highest BCUT2D eigenvalue weighted by molar-refractivity contribution is 5.97. The average Bonchev–Trinajstić information content (AvgIpc) is 2.52. The van der Waals surface area contributed by atoms with Gasteiger partial charge in [-0.1, -0.05) is 36.4 Å². The van der Waals surface area contributed by atoms with Crippen molar-refractivity contribution in [1.82, 2.24) is 5.32 Å². The zero-order valence-corrected chi connectivity index (χ0v) is 11.4. The van der Waals surface area contributed by atoms with Crippen LogP contribution in [0.5, 0.6) is 0 Å². The van der Waals surface area contributed by atoms with Gasteiger partial charge in [-0.25, -0.2) is 9.18 Å². The molecule has 0 bridgehead atoms. The summed E-state index contributed by atoms with van der Waals surface area (Å²) in [5.41, 5.74) is 0.730. The lowest BCUT2D eigenvalue weighted by molar-refractivity contribution is -0.143. The number of hydrogen-bond acceptors (Lipinski definition) is 3. The summed E-state index contributed by atoms with van der Waals surface area (Å²) in [5.74, 6) is -1.66. The molecule has 108 valence electrons. The minimum atomic E-state index is -0.938. The number of amides is 1. The van der Waals surface area contributed by atoms with Crippen LogP contribution in [0.25, 0.3) is 0 Å². The Hall–Kier alpha value is -2.69. The van der Waals surface area contributed by atoms with Crippen molar-refractivity contribution >= 4 is 11.9 Å². The van der Waals surface area contributed by atoms with Gasteiger partial charge in [0.1, 0.15) is 5.82 Å². The first-order chi connectivity index (χ1) is 10.1. The lowest BCUT2D eigenvalue weighted by Crippen LogP contribution is -2.34. The Morgan fingerprint density at radius 1 is 1.10 bits per heavy atom. The van der Waals surface area contributed by atoms with E-state index in [0.29, 0.717) is 5.56 Å². The Morgan fingerprint density at radius 2 is 1.81 bits per heavy atom. The Kier molecular flexibility index (Phi) is 4.66. The molecule has 2 rings (SSSR count). The van der Waals surface area contributed by atoms with Crippen molar-refractivity contribution < 1.29 is 18.7 Å². The van der Waals surface area contributed by atoms with Crippen LogP contribution >= 0.6 is 0 Å². The van der Waals surface area contributed by atoms with Crippen LogP contribution < -0.4 is 5.32 Å². The zero-order valence-electron chi connectivity index (χ0n) is 11.4. The third-order valence-corrected chi connectivity index (χ3v) is 2.93. The molecule has 0 saturated carbocycles. The van der Waals surface area contributed by atoms with Gasteiger partial charge in [-0.3, -0.25) is 4.79 Å². The van der Waals surface area contributed by atoms with Gasteiger partial charge in [-0.2, -0.15) is 0 Å². The molecule has 0 aliphatic heterocycles. The fourth-order valence-corrected chi connectivity index (χ4v) is 1.89. The van der Waals surface area contributed by atoms with E-state index in [2.05, 4.69) is 5.32 Å². The second-order valence-electron chi connectivity index (χ2n) is 4.35. The molecule has 0 radical (unpaired) electrons. The molecule has 0 saturated heterocycles. The van der Waals surface area contributed by atoms with E-state index < -0.39 is 23.7 Å². The number of hydrogen-bond donors (Lipinski definition) is 1. The molecular formula is C16H14FNO3. The normalized spacial score (nSPS) is 11.5. The molecule has 21 heavy (non-hydrogen) atoms. The van der Waals surface area contributed by atoms with Crippen molar-refractivity contribution in [1.29, 1.82) is 0 Å². The number of methoxy groups -OCH3 is 1. The molecule has 5 heteroatoms. The van der Waals surface area contributed by atoms with Gasteiger partial charge < -0.3 is 10.1 Å². The van der Waals surface area contributed by atoms with E-state index in [1.54, 1.807) is 30.3 Å². The Morgan fingerprint density at radius 3 is 2.43 bits per heavy atom. The number of halogens is 1. The lowest BCUT2D eigenvalue weighted by atomic mass is 10.1. The molecule has 0 aromatic heterocycles. The predicted molar refractivity (Wildman–Crippen MR) is 75.1 cm³/mol. The van der Waals surface area contributed by atoms with Gasteiger partial charge in [-0.05, 0) is 23.8 Å². The number of carbonyl (C=O) groups excluding carboxylic acids is 2. The molecule has 0 aliphatic rings. The number of rotatable bonds is 4. The van der Waals surface area contributed by atoms with Crippen LogP contribution in [0.4, 0.5) is 4.39 Å². The van der Waals surface area contributed by atoms with Crippen LogP contribution in [-0.2, 0) is 9.53 Å². The maximum atomic E-state index is 13.1. The van der Waals surface area contributed by atoms with Gasteiger partial charge in [0, 0.05) is 5.56 Å². The highest BCUT2D eigenvalue weighted by atomic mass is 19.1. The molecule has 1 amide bonds. The van der Waals surface area contributed by atoms with Crippen LogP contribution in [-0.4, -0.2) is 19.0 Å². The summed E-state index contributed by atoms with van der Waals surface area (Å²) in [7, 11) is 1.24. The van der Waals surface area contributed by atoms with Crippen molar-refractivity contribution in [3.63, 3.8) is 0 Å². The third kappa shape index (κ3) is 3.66. The lowest BCUT2D eigenvalue weighted by Gasteiger charge is -2.16. The zero-order chi connectivity index (χ0) is 15.2. The highest BCUT2D eigenvalue weighted by Gasteiger charge is 2.23. The van der Waals surface area contributed by atoms with Gasteiger partial charge in [0.2, 0.25) is 0 Å². The topological polar surface area (TPSA) is 55.4 Å². The van der Waals surface area contributed by atoms with E-state index in [0.717, 1.165) is 6.07 Å². The maximum absolute atomic E-state index is 13.1. The average molecular weight is 287 g/mol. The first-order valence-electron chi connectivity index (χ1n) is 6.31. The minimum absolute atomic E-state index is 0.139. The van der Waals surface area contributed by atoms with Crippen LogP contribution in [0.3, 0.4) is 0 Å². The summed E-state index contributed by atoms with van der Waals surface area (Å²) < 4.78 is 17.8. The molecule has 0 unspecified atom stereocenters. The molecule has 2 aromatic carbocycles. The Balaban J connectivity index is 2.23. The number of benzene rings is 2. The Labute approximate surface area is 121 Å². The van der Waals surface area contributed by atoms with Crippen molar-refractivity contribution in [2.75, 3.05) is 7.11 Å². The number of esters is 1. The molecule has 0 fully saturated rings. The monoisotopic (exact) mass is 287 g/mol. The van der Waals surface area contributed by atoms with Crippen molar-refractivity contribution in [2.24, 2.45) is 0 Å². The molecule has 0 aliphatic carbocycles. The van der Waals surface area contributed by atoms with E-state index in [4.69, 9.17) is 4.74 Å². The van der Waals surface area contributed by atoms with Gasteiger partial charge in [0.15, 0.2) is 6.04 Å². The number of nitrogens with one attached hydrogen (secondary N) is 1. The standard InChI is InChI=1S/C16H14FNO3/c1-21-16(20)14(11-6-3-2-4-7-11)18-15(19)12-8-5-9-13(17)10-12/h2-10,14H,1H3,(H,18,19)/t14-/m1/s1. The van der Waals surface area contributed by atoms with Crippen LogP contribution in [0.2, 0.25) is 0 Å². The Bertz CT molecular complexity index is 643. The summed E-state index contributed by atoms with van der Waals surface area (Å²) in [6, 6.07) is 13.0. The summed E-state index contributed by atoms with van der Waals surface area (Å²) >= 11 is 0. The highest BCUT2D eigenvalue weighted by Crippen LogP contribution is 2.15. The van der Waals surface area contributed by atoms with Crippen LogP contribution in [0.15, 0.2) is 54.6 Å². The van der Waals surface area contributed by atoms with E-state index in [-0.39, 0.29) is 5.56 Å². The third-order valence-electron chi connectivity index (χ3n) is 2.93. The predicted octanol–water partition coefficient (Wildman–Crippen LogP) is 2.47. The minimum Gasteiger partial charge on any atom is -0.467 e. The molecule has 1 atom stereocenters. The first-order valence-corrected chi connectivity index (χ1v) is 6.31. The van der Waals surface area contributed by atoms with E-state index in [1.807, 2.05) is 0 Å². The fraction of sp³-hybridized carbons (Fsp3) is 0.125. The quantitative estimate of drug-likeness (QED) is 0.879. The second kappa shape index (κ2) is 6.65. The van der Waals surface area contributed by atoms with E-state index in [1.165, 1.54) is 25.3 Å². The van der Waals surface area contributed by atoms with Gasteiger partial charge >= 0.3 is 5.97 Å². The van der Waals surface area contributed by atoms with Gasteiger partial charge in [-0.15, -0.1) is 0 Å². The number of carbonyl (C=O) groups is 2. The van der Waals surface area contributed by atoms with Gasteiger partial charge in [0.05, 0.1) is 7.11 Å². The van der Waals surface area contributed by atoms with Crippen molar-refractivity contribution in [3.8, 4) is 0 Å². The fourth-order valence-electron chi connectivity index (χ4n) is 1.89. The van der Waals surface area contributed by atoms with Crippen LogP contribution in [0.1, 0.15) is 22.0 Å². The summed E-state index contributed by atoms with van der Waals surface area (Å²) in [4.78, 5) is 24.0. The van der Waals surface area contributed by atoms with Gasteiger partial charge in [0.25, 0.3) is 5.91 Å². The number of ether oxygens (including phenoxy) is 1. The molecule has 4 nitrogen and oxygen atoms in total. The second-order valence-corrected chi connectivity index (χ2v) is 4.35. The van der Waals surface area contributed by atoms with Crippen LogP contribution in [0, 0.1) is 5.82 Å². The van der Waals surface area contributed by atoms with E-state index >= 15 is 0 Å². The summed E-state index contributed by atoms with van der Waals surface area (Å²) in [6.45, 7) is 0. The molecule has 0 heterocycles. The summed E-state index contributed by atoms with van der Waals surface area (Å²) in [5, 5.41) is 2.55. The largest absolute Gasteiger partial charge is 0.467 e. The molecule has 0 spiro atoms. The summed E-state index contributed by atoms with van der Waals surface area (Å²) in [6.07, 6.45) is 0. The molecule has 2 aromatic rings.